The van der Waals surface area contributed by atoms with Gasteiger partial charge in [0.25, 0.3) is 0 Å². The Labute approximate surface area is 165 Å². The molecule has 3 heteroatoms. The Morgan fingerprint density at radius 2 is 1.87 bits per heavy atom. The average molecular weight is 419 g/mol. The molecule has 2 aliphatic rings. The van der Waals surface area contributed by atoms with Crippen LogP contribution in [-0.2, 0) is 37.6 Å². The molecule has 0 aromatic heterocycles. The molecular weight excluding hydrogens is 402 g/mol. The summed E-state index contributed by atoms with van der Waals surface area (Å²) < 4.78 is 1.59. The van der Waals surface area contributed by atoms with E-state index in [4.69, 9.17) is 0 Å². The Morgan fingerprint density at radius 3 is 2.57 bits per heavy atom. The van der Waals surface area contributed by atoms with Gasteiger partial charge >= 0.3 is 142 Å². The van der Waals surface area contributed by atoms with E-state index in [9.17, 15) is 0 Å². The van der Waals surface area contributed by atoms with Gasteiger partial charge in [-0.15, -0.1) is 0 Å². The summed E-state index contributed by atoms with van der Waals surface area (Å²) in [6, 6.07) is 11.4. The second-order valence-electron chi connectivity index (χ2n) is 5.82. The summed E-state index contributed by atoms with van der Waals surface area (Å²) in [5, 5.41) is 0. The zero-order valence-electron chi connectivity index (χ0n) is 13.0. The van der Waals surface area contributed by atoms with Crippen LogP contribution in [0.15, 0.2) is 48.6 Å². The minimum Gasteiger partial charge on any atom is -1.00 e. The molecule has 0 N–H and O–H groups in total. The van der Waals surface area contributed by atoms with Gasteiger partial charge in [-0.05, 0) is 0 Å². The normalized spacial score (nSPS) is 13.8. The molecule has 2 aliphatic carbocycles. The first-order chi connectivity index (χ1) is 10.3. The summed E-state index contributed by atoms with van der Waals surface area (Å²) in [7, 11) is 0. The maximum Gasteiger partial charge on any atom is -1.00 e. The molecule has 23 heavy (non-hydrogen) atoms. The molecule has 0 fully saturated rings. The van der Waals surface area contributed by atoms with E-state index >= 15 is 0 Å². The predicted octanol–water partition coefficient (Wildman–Crippen LogP) is -1.66. The Balaban J connectivity index is 0.000000960. The summed E-state index contributed by atoms with van der Waals surface area (Å²) in [6.07, 6.45) is 10.1. The van der Waals surface area contributed by atoms with E-state index in [2.05, 4.69) is 55.5 Å². The predicted molar refractivity (Wildman–Crippen MR) is 85.4 cm³/mol. The number of allylic oxidation sites excluding steroid dienone is 4. The molecule has 0 saturated heterocycles. The van der Waals surface area contributed by atoms with Crippen molar-refractivity contribution in [3.63, 3.8) is 0 Å². The fourth-order valence-electron chi connectivity index (χ4n) is 3.61. The summed E-state index contributed by atoms with van der Waals surface area (Å²) in [5.41, 5.74) is 10.6. The van der Waals surface area contributed by atoms with Gasteiger partial charge in [0, 0.05) is 0 Å². The van der Waals surface area contributed by atoms with Gasteiger partial charge in [0.1, 0.15) is 0 Å². The van der Waals surface area contributed by atoms with Crippen molar-refractivity contribution in [1.29, 1.82) is 0 Å². The molecule has 0 radical (unpaired) electrons. The molecule has 0 saturated carbocycles. The molecule has 2 aromatic rings. The van der Waals surface area contributed by atoms with Crippen molar-refractivity contribution in [1.82, 2.24) is 0 Å². The van der Waals surface area contributed by atoms with Crippen LogP contribution in [0.25, 0.3) is 16.7 Å². The zero-order valence-corrected chi connectivity index (χ0v) is 17.0. The Bertz CT molecular complexity index is 804. The zero-order chi connectivity index (χ0) is 14.4. The van der Waals surface area contributed by atoms with Crippen LogP contribution in [0.5, 0.6) is 0 Å². The number of fused-ring (bicyclic) bond motifs is 3. The van der Waals surface area contributed by atoms with E-state index < -0.39 is 0 Å². The standard InChI is InChI=1S/C20H17.2ClH.Zr/c1-2-14-12-20-17(11-16-9-5-6-10-18(16)20)13-19(14)15-7-3-4-8-15;;;/h3-7,9-10,12H,2,8,11H2,1H3;2*1H;/q;;;+2/p-2. The van der Waals surface area contributed by atoms with Crippen LogP contribution in [0, 0.1) is 0 Å². The van der Waals surface area contributed by atoms with Crippen LogP contribution in [-0.4, -0.2) is 0 Å². The first-order valence-corrected chi connectivity index (χ1v) is 8.87. The Morgan fingerprint density at radius 1 is 1.09 bits per heavy atom. The molecule has 0 heterocycles. The van der Waals surface area contributed by atoms with E-state index in [0.717, 1.165) is 19.3 Å². The third-order valence-electron chi connectivity index (χ3n) is 4.66. The van der Waals surface area contributed by atoms with Crippen molar-refractivity contribution in [3.8, 4) is 11.1 Å². The largest absolute Gasteiger partial charge is 1.00 e. The monoisotopic (exact) mass is 417 g/mol. The third kappa shape index (κ3) is 3.04. The van der Waals surface area contributed by atoms with E-state index in [-0.39, 0.29) is 24.8 Å². The first-order valence-electron chi connectivity index (χ1n) is 7.64. The Hall–Kier alpha value is -0.617. The van der Waals surface area contributed by atoms with Crippen molar-refractivity contribution in [2.45, 2.75) is 26.2 Å². The minimum absolute atomic E-state index is 0. The first kappa shape index (κ1) is 18.7. The molecule has 0 amide bonds. The van der Waals surface area contributed by atoms with Gasteiger partial charge in [-0.25, -0.2) is 0 Å². The molecule has 0 unspecified atom stereocenters. The van der Waals surface area contributed by atoms with Crippen molar-refractivity contribution in [3.05, 3.63) is 70.8 Å². The molecule has 0 spiro atoms. The maximum atomic E-state index is 2.46. The van der Waals surface area contributed by atoms with Crippen LogP contribution in [0.1, 0.15) is 35.6 Å². The van der Waals surface area contributed by atoms with Gasteiger partial charge in [0.05, 0.1) is 0 Å². The molecule has 2 aromatic carbocycles. The second kappa shape index (κ2) is 7.51. The van der Waals surface area contributed by atoms with Crippen molar-refractivity contribution >= 4 is 8.84 Å². The van der Waals surface area contributed by atoms with Crippen molar-refractivity contribution in [2.24, 2.45) is 0 Å². The Kier molecular flexibility index (Phi) is 6.12. The second-order valence-corrected chi connectivity index (χ2v) is 7.05. The molecular formula is C20H17Cl2Zr. The van der Waals surface area contributed by atoms with Crippen LogP contribution in [0.2, 0.25) is 0 Å². The molecule has 0 atom stereocenters. The summed E-state index contributed by atoms with van der Waals surface area (Å²) in [4.78, 5) is 0. The fourth-order valence-corrected chi connectivity index (χ4v) is 4.95. The van der Waals surface area contributed by atoms with Gasteiger partial charge < -0.3 is 24.8 Å². The van der Waals surface area contributed by atoms with Crippen LogP contribution in [0.3, 0.4) is 0 Å². The smallest absolute Gasteiger partial charge is 1.00 e. The minimum atomic E-state index is 0. The number of hydrogen-bond donors (Lipinski definition) is 0. The van der Waals surface area contributed by atoms with Gasteiger partial charge in [0.2, 0.25) is 0 Å². The number of aryl methyl sites for hydroxylation is 1. The van der Waals surface area contributed by atoms with Crippen LogP contribution >= 0.6 is 0 Å². The number of hydrogen-bond acceptors (Lipinski definition) is 0. The fraction of sp³-hybridized carbons (Fsp3) is 0.200. The van der Waals surface area contributed by atoms with Crippen LogP contribution in [0.4, 0.5) is 0 Å². The summed E-state index contributed by atoms with van der Waals surface area (Å²) in [5.74, 6) is 0. The molecule has 0 nitrogen and oxygen atoms in total. The van der Waals surface area contributed by atoms with E-state index in [1.807, 2.05) is 0 Å². The molecule has 0 aliphatic heterocycles. The van der Waals surface area contributed by atoms with E-state index in [0.29, 0.717) is 0 Å². The topological polar surface area (TPSA) is 0 Å². The third-order valence-corrected chi connectivity index (χ3v) is 6.02. The maximum absolute atomic E-state index is 2.46. The number of rotatable bonds is 2. The number of benzene rings is 2. The van der Waals surface area contributed by atoms with Gasteiger partial charge in [0.15, 0.2) is 0 Å². The average Bonchev–Trinajstić information content (AvgIpc) is 3.14. The molecule has 0 bridgehead atoms. The quantitative estimate of drug-likeness (QED) is 0.467. The summed E-state index contributed by atoms with van der Waals surface area (Å²) >= 11 is 1.55. The van der Waals surface area contributed by atoms with Gasteiger partial charge in [-0.1, -0.05) is 0 Å². The van der Waals surface area contributed by atoms with Crippen molar-refractivity contribution < 1.29 is 49.5 Å². The number of halogens is 2. The summed E-state index contributed by atoms with van der Waals surface area (Å²) in [6.45, 7) is 2.28. The van der Waals surface area contributed by atoms with E-state index in [1.54, 1.807) is 39.1 Å². The van der Waals surface area contributed by atoms with Crippen molar-refractivity contribution in [2.75, 3.05) is 0 Å². The SMILES string of the molecule is CCc1cc2c([c]([Zr+2])c1C1=CC=CC1)Cc1ccccc1-2.[Cl-].[Cl-]. The van der Waals surface area contributed by atoms with E-state index in [1.165, 1.54) is 27.8 Å². The molecule has 4 rings (SSSR count). The van der Waals surface area contributed by atoms with Crippen LogP contribution < -0.4 is 28.1 Å². The van der Waals surface area contributed by atoms with Gasteiger partial charge in [-0.2, -0.15) is 0 Å². The van der Waals surface area contributed by atoms with Gasteiger partial charge in [-0.3, -0.25) is 0 Å². The molecule has 115 valence electrons.